The van der Waals surface area contributed by atoms with Crippen LogP contribution in [0.1, 0.15) is 24.2 Å². The first kappa shape index (κ1) is 20.8. The lowest BCUT2D eigenvalue weighted by atomic mass is 10.2. The van der Waals surface area contributed by atoms with E-state index in [-0.39, 0.29) is 12.5 Å². The molecule has 0 aliphatic rings. The smallest absolute Gasteiger partial charge is 0.255 e. The highest BCUT2D eigenvalue weighted by Crippen LogP contribution is 2.27. The minimum Gasteiger partial charge on any atom is -0.495 e. The summed E-state index contributed by atoms with van der Waals surface area (Å²) in [7, 11) is 1.48. The average Bonchev–Trinajstić information content (AvgIpc) is 2.66. The number of amides is 3. The Bertz CT molecular complexity index is 867. The maximum Gasteiger partial charge on any atom is 0.255 e. The second kappa shape index (κ2) is 9.96. The van der Waals surface area contributed by atoms with Crippen LogP contribution in [0.3, 0.4) is 0 Å². The standard InChI is InChI=1S/C20H23N3O5/c1-4-28-17-8-6-5-7-15(17)20(26)21-12-19(25)23-14-9-10-18(27-3)16(11-14)22-13(2)24/h5-11H,4,12H2,1-3H3,(H,21,26)(H,22,24)(H,23,25). The van der Waals surface area contributed by atoms with E-state index in [1.54, 1.807) is 42.5 Å². The van der Waals surface area contributed by atoms with Crippen LogP contribution in [0.5, 0.6) is 11.5 Å². The van der Waals surface area contributed by atoms with Gasteiger partial charge in [0.2, 0.25) is 11.8 Å². The van der Waals surface area contributed by atoms with Crippen LogP contribution in [0, 0.1) is 0 Å². The monoisotopic (exact) mass is 385 g/mol. The van der Waals surface area contributed by atoms with Crippen LogP contribution in [-0.4, -0.2) is 38.0 Å². The highest BCUT2D eigenvalue weighted by Gasteiger charge is 2.14. The van der Waals surface area contributed by atoms with E-state index in [0.717, 1.165) is 0 Å². The highest BCUT2D eigenvalue weighted by atomic mass is 16.5. The molecule has 0 aliphatic heterocycles. The summed E-state index contributed by atoms with van der Waals surface area (Å²) in [5.74, 6) is -0.164. The molecule has 0 atom stereocenters. The predicted molar refractivity (Wildman–Crippen MR) is 106 cm³/mol. The maximum absolute atomic E-state index is 12.3. The second-order valence-corrected chi connectivity index (χ2v) is 5.76. The Hall–Kier alpha value is -3.55. The molecular weight excluding hydrogens is 362 g/mol. The third kappa shape index (κ3) is 5.73. The van der Waals surface area contributed by atoms with Crippen molar-refractivity contribution in [3.63, 3.8) is 0 Å². The van der Waals surface area contributed by atoms with Crippen molar-refractivity contribution in [3.8, 4) is 11.5 Å². The SMILES string of the molecule is CCOc1ccccc1C(=O)NCC(=O)Nc1ccc(OC)c(NC(C)=O)c1. The number of rotatable bonds is 8. The van der Waals surface area contributed by atoms with E-state index >= 15 is 0 Å². The molecule has 0 fully saturated rings. The summed E-state index contributed by atoms with van der Waals surface area (Å²) in [5, 5.41) is 7.85. The number of hydrogen-bond donors (Lipinski definition) is 3. The molecule has 0 saturated carbocycles. The number of anilines is 2. The molecule has 0 bridgehead atoms. The number of hydrogen-bond acceptors (Lipinski definition) is 5. The largest absolute Gasteiger partial charge is 0.495 e. The van der Waals surface area contributed by atoms with Crippen molar-refractivity contribution in [1.82, 2.24) is 5.32 Å². The predicted octanol–water partition coefficient (Wildman–Crippen LogP) is 2.42. The Morgan fingerprint density at radius 3 is 2.43 bits per heavy atom. The molecule has 0 aromatic heterocycles. The number of methoxy groups -OCH3 is 1. The minimum absolute atomic E-state index is 0.221. The van der Waals surface area contributed by atoms with E-state index in [1.807, 2.05) is 6.92 Å². The molecule has 2 rings (SSSR count). The summed E-state index contributed by atoms with van der Waals surface area (Å²) in [5.41, 5.74) is 1.25. The molecule has 8 heteroatoms. The molecule has 0 radical (unpaired) electrons. The zero-order chi connectivity index (χ0) is 20.5. The number of ether oxygens (including phenoxy) is 2. The first-order chi connectivity index (χ1) is 13.4. The van der Waals surface area contributed by atoms with Crippen LogP contribution in [0.2, 0.25) is 0 Å². The van der Waals surface area contributed by atoms with Crippen LogP contribution in [0.4, 0.5) is 11.4 Å². The zero-order valence-corrected chi connectivity index (χ0v) is 16.0. The van der Waals surface area contributed by atoms with Crippen molar-refractivity contribution in [2.24, 2.45) is 0 Å². The Labute approximate surface area is 163 Å². The van der Waals surface area contributed by atoms with Gasteiger partial charge in [-0.2, -0.15) is 0 Å². The first-order valence-electron chi connectivity index (χ1n) is 8.70. The zero-order valence-electron chi connectivity index (χ0n) is 16.0. The lowest BCUT2D eigenvalue weighted by Crippen LogP contribution is -2.33. The fourth-order valence-electron chi connectivity index (χ4n) is 2.47. The molecule has 0 heterocycles. The minimum atomic E-state index is -0.416. The third-order valence-electron chi connectivity index (χ3n) is 3.63. The van der Waals surface area contributed by atoms with E-state index in [1.165, 1.54) is 14.0 Å². The molecule has 8 nitrogen and oxygen atoms in total. The fourth-order valence-corrected chi connectivity index (χ4v) is 2.47. The summed E-state index contributed by atoms with van der Waals surface area (Å²) in [4.78, 5) is 35.8. The van der Waals surface area contributed by atoms with Crippen molar-refractivity contribution in [3.05, 3.63) is 48.0 Å². The summed E-state index contributed by atoms with van der Waals surface area (Å²) >= 11 is 0. The van der Waals surface area contributed by atoms with Crippen LogP contribution >= 0.6 is 0 Å². The molecule has 2 aromatic carbocycles. The van der Waals surface area contributed by atoms with Crippen LogP contribution in [0.15, 0.2) is 42.5 Å². The second-order valence-electron chi connectivity index (χ2n) is 5.76. The molecule has 148 valence electrons. The molecule has 3 amide bonds. The highest BCUT2D eigenvalue weighted by molar-refractivity contribution is 6.01. The van der Waals surface area contributed by atoms with Gasteiger partial charge in [0, 0.05) is 12.6 Å². The summed E-state index contributed by atoms with van der Waals surface area (Å²) in [6.07, 6.45) is 0. The van der Waals surface area contributed by atoms with Gasteiger partial charge in [-0.25, -0.2) is 0 Å². The normalized spacial score (nSPS) is 9.96. The maximum atomic E-state index is 12.3. The number of carbonyl (C=O) groups excluding carboxylic acids is 3. The summed E-state index contributed by atoms with van der Waals surface area (Å²) < 4.78 is 10.6. The Balaban J connectivity index is 1.99. The van der Waals surface area contributed by atoms with Crippen molar-refractivity contribution < 1.29 is 23.9 Å². The molecular formula is C20H23N3O5. The molecule has 3 N–H and O–H groups in total. The molecule has 0 saturated heterocycles. The summed E-state index contributed by atoms with van der Waals surface area (Å²) in [6, 6.07) is 11.6. The van der Waals surface area contributed by atoms with Crippen LogP contribution in [0.25, 0.3) is 0 Å². The van der Waals surface area contributed by atoms with Gasteiger partial charge in [-0.3, -0.25) is 14.4 Å². The topological polar surface area (TPSA) is 106 Å². The van der Waals surface area contributed by atoms with Gasteiger partial charge in [0.05, 0.1) is 31.5 Å². The Morgan fingerprint density at radius 2 is 1.75 bits per heavy atom. The lowest BCUT2D eigenvalue weighted by molar-refractivity contribution is -0.115. The van der Waals surface area contributed by atoms with E-state index < -0.39 is 11.8 Å². The van der Waals surface area contributed by atoms with Crippen molar-refractivity contribution in [2.45, 2.75) is 13.8 Å². The van der Waals surface area contributed by atoms with Gasteiger partial charge in [0.25, 0.3) is 5.91 Å². The average molecular weight is 385 g/mol. The molecule has 0 unspecified atom stereocenters. The van der Waals surface area contributed by atoms with Gasteiger partial charge >= 0.3 is 0 Å². The number of para-hydroxylation sites is 1. The van der Waals surface area contributed by atoms with Gasteiger partial charge in [-0.15, -0.1) is 0 Å². The van der Waals surface area contributed by atoms with E-state index in [2.05, 4.69) is 16.0 Å². The summed E-state index contributed by atoms with van der Waals surface area (Å²) in [6.45, 7) is 3.41. The van der Waals surface area contributed by atoms with Crippen molar-refractivity contribution in [2.75, 3.05) is 30.9 Å². The Morgan fingerprint density at radius 1 is 1.00 bits per heavy atom. The lowest BCUT2D eigenvalue weighted by Gasteiger charge is -2.13. The van der Waals surface area contributed by atoms with Gasteiger partial charge < -0.3 is 25.4 Å². The fraction of sp³-hybridized carbons (Fsp3) is 0.250. The van der Waals surface area contributed by atoms with Crippen LogP contribution < -0.4 is 25.4 Å². The van der Waals surface area contributed by atoms with Gasteiger partial charge in [0.1, 0.15) is 11.5 Å². The van der Waals surface area contributed by atoms with Gasteiger partial charge in [-0.1, -0.05) is 12.1 Å². The van der Waals surface area contributed by atoms with Gasteiger partial charge in [-0.05, 0) is 37.3 Å². The van der Waals surface area contributed by atoms with Crippen molar-refractivity contribution in [1.29, 1.82) is 0 Å². The van der Waals surface area contributed by atoms with Crippen LogP contribution in [-0.2, 0) is 9.59 Å². The first-order valence-corrected chi connectivity index (χ1v) is 8.70. The molecule has 0 spiro atoms. The Kier molecular flexibility index (Phi) is 7.38. The molecule has 28 heavy (non-hydrogen) atoms. The van der Waals surface area contributed by atoms with E-state index in [4.69, 9.17) is 9.47 Å². The third-order valence-corrected chi connectivity index (χ3v) is 3.63. The van der Waals surface area contributed by atoms with E-state index in [9.17, 15) is 14.4 Å². The molecule has 0 aliphatic carbocycles. The van der Waals surface area contributed by atoms with Gasteiger partial charge in [0.15, 0.2) is 0 Å². The number of benzene rings is 2. The van der Waals surface area contributed by atoms with E-state index in [0.29, 0.717) is 35.0 Å². The quantitative estimate of drug-likeness (QED) is 0.647. The number of carbonyl (C=O) groups is 3. The number of nitrogens with one attached hydrogen (secondary N) is 3. The van der Waals surface area contributed by atoms with Crippen molar-refractivity contribution >= 4 is 29.1 Å². The molecule has 2 aromatic rings.